The summed E-state index contributed by atoms with van der Waals surface area (Å²) >= 11 is 1.44. The number of amides is 1. The number of nitrogens with zero attached hydrogens (tertiary/aromatic N) is 3. The van der Waals surface area contributed by atoms with Crippen LogP contribution in [0, 0.1) is 0 Å². The third-order valence-corrected chi connectivity index (χ3v) is 6.69. The van der Waals surface area contributed by atoms with Crippen molar-refractivity contribution in [3.8, 4) is 0 Å². The van der Waals surface area contributed by atoms with Crippen molar-refractivity contribution < 1.29 is 9.59 Å². The van der Waals surface area contributed by atoms with Gasteiger partial charge in [-0.3, -0.25) is 9.59 Å². The lowest BCUT2D eigenvalue weighted by atomic mass is 9.89. The average molecular weight is 441 g/mol. The van der Waals surface area contributed by atoms with Crippen LogP contribution in [0.4, 0.5) is 5.69 Å². The number of carbonyl (C=O) groups is 2. The van der Waals surface area contributed by atoms with Crippen LogP contribution in [0.1, 0.15) is 80.9 Å². The molecule has 3 rings (SSSR count). The summed E-state index contributed by atoms with van der Waals surface area (Å²) < 4.78 is 2.11. The summed E-state index contributed by atoms with van der Waals surface area (Å²) in [6, 6.07) is 7.09. The number of carbonyl (C=O) groups excluding carboxylic acids is 2. The first kappa shape index (κ1) is 23.3. The molecule has 1 heterocycles. The predicted octanol–water partition coefficient (Wildman–Crippen LogP) is 5.61. The van der Waals surface area contributed by atoms with Gasteiger partial charge in [-0.2, -0.15) is 0 Å². The van der Waals surface area contributed by atoms with Gasteiger partial charge in [-0.25, -0.2) is 0 Å². The van der Waals surface area contributed by atoms with Gasteiger partial charge in [0.25, 0.3) is 0 Å². The van der Waals surface area contributed by atoms with Crippen molar-refractivity contribution in [1.82, 2.24) is 14.8 Å². The lowest BCUT2D eigenvalue weighted by Gasteiger charge is -2.21. The minimum absolute atomic E-state index is 0.0131. The Labute approximate surface area is 188 Å². The summed E-state index contributed by atoms with van der Waals surface area (Å²) in [5.74, 6) is 1.48. The molecular weight excluding hydrogens is 408 g/mol. The van der Waals surface area contributed by atoms with E-state index in [1.165, 1.54) is 31.0 Å². The first-order chi connectivity index (χ1) is 15.0. The minimum atomic E-state index is -0.299. The summed E-state index contributed by atoms with van der Waals surface area (Å²) in [5.41, 5.74) is 1.33. The number of aromatic nitrogens is 3. The van der Waals surface area contributed by atoms with E-state index in [-0.39, 0.29) is 16.9 Å². The van der Waals surface area contributed by atoms with Crippen LogP contribution in [-0.2, 0) is 11.3 Å². The summed E-state index contributed by atoms with van der Waals surface area (Å²) in [6.45, 7) is 8.40. The molecule has 166 valence electrons. The SMILES string of the molecule is C=CCn1c(S[C@H](C)C(=O)c2ccc(NC(=O)CCC)cc2)nnc1C1CCCCC1. The predicted molar refractivity (Wildman–Crippen MR) is 126 cm³/mol. The third-order valence-electron chi connectivity index (χ3n) is 5.61. The van der Waals surface area contributed by atoms with Crippen molar-refractivity contribution in [2.45, 2.75) is 81.7 Å². The molecule has 1 amide bonds. The second kappa shape index (κ2) is 11.3. The molecule has 0 bridgehead atoms. The van der Waals surface area contributed by atoms with Crippen LogP contribution >= 0.6 is 11.8 Å². The van der Waals surface area contributed by atoms with E-state index in [2.05, 4.69) is 26.7 Å². The zero-order valence-electron chi connectivity index (χ0n) is 18.5. The highest BCUT2D eigenvalue weighted by molar-refractivity contribution is 8.00. The molecule has 0 saturated heterocycles. The van der Waals surface area contributed by atoms with E-state index in [1.54, 1.807) is 24.3 Å². The Hall–Kier alpha value is -2.41. The topological polar surface area (TPSA) is 76.9 Å². The molecule has 31 heavy (non-hydrogen) atoms. The minimum Gasteiger partial charge on any atom is -0.326 e. The fraction of sp³-hybridized carbons (Fsp3) is 0.500. The summed E-state index contributed by atoms with van der Waals surface area (Å²) in [4.78, 5) is 24.7. The summed E-state index contributed by atoms with van der Waals surface area (Å²) in [6.07, 6.45) is 9.21. The maximum absolute atomic E-state index is 13.0. The molecule has 0 spiro atoms. The Morgan fingerprint density at radius 1 is 1.23 bits per heavy atom. The lowest BCUT2D eigenvalue weighted by Crippen LogP contribution is -2.16. The highest BCUT2D eigenvalue weighted by Gasteiger charge is 2.25. The number of ketones is 1. The van der Waals surface area contributed by atoms with Gasteiger partial charge in [-0.1, -0.05) is 44.0 Å². The van der Waals surface area contributed by atoms with Crippen molar-refractivity contribution in [3.63, 3.8) is 0 Å². The Morgan fingerprint density at radius 2 is 1.94 bits per heavy atom. The standard InChI is InChI=1S/C24H32N4O2S/c1-4-9-21(29)25-20-14-12-18(13-15-20)22(30)17(3)31-24-27-26-23(28(24)16-5-2)19-10-7-6-8-11-19/h5,12-15,17,19H,2,4,6-11,16H2,1,3H3,(H,25,29)/t17-/m1/s1. The highest BCUT2D eigenvalue weighted by atomic mass is 32.2. The average Bonchev–Trinajstić information content (AvgIpc) is 3.17. The number of anilines is 1. The van der Waals surface area contributed by atoms with Crippen LogP contribution in [0.25, 0.3) is 0 Å². The first-order valence-electron chi connectivity index (χ1n) is 11.2. The van der Waals surface area contributed by atoms with Crippen LogP contribution in [0.5, 0.6) is 0 Å². The van der Waals surface area contributed by atoms with E-state index in [0.29, 0.717) is 30.1 Å². The molecule has 1 aliphatic rings. The summed E-state index contributed by atoms with van der Waals surface area (Å²) in [5, 5.41) is 12.2. The number of hydrogen-bond acceptors (Lipinski definition) is 5. The number of Topliss-reactive ketones (excluding diaryl/α,β-unsaturated/α-hetero) is 1. The first-order valence-corrected chi connectivity index (χ1v) is 12.1. The van der Waals surface area contributed by atoms with Crippen LogP contribution in [0.3, 0.4) is 0 Å². The molecule has 1 saturated carbocycles. The van der Waals surface area contributed by atoms with E-state index in [4.69, 9.17) is 0 Å². The molecule has 0 radical (unpaired) electrons. The number of nitrogens with one attached hydrogen (secondary N) is 1. The molecule has 1 aliphatic carbocycles. The van der Waals surface area contributed by atoms with Crippen molar-refractivity contribution in [1.29, 1.82) is 0 Å². The second-order valence-electron chi connectivity index (χ2n) is 8.07. The van der Waals surface area contributed by atoms with E-state index in [1.807, 2.05) is 19.9 Å². The third kappa shape index (κ3) is 6.06. The lowest BCUT2D eigenvalue weighted by molar-refractivity contribution is -0.116. The Morgan fingerprint density at radius 3 is 2.58 bits per heavy atom. The molecule has 1 aromatic carbocycles. The molecular formula is C24H32N4O2S. The van der Waals surface area contributed by atoms with Gasteiger partial charge in [0.15, 0.2) is 10.9 Å². The van der Waals surface area contributed by atoms with E-state index in [9.17, 15) is 9.59 Å². The Kier molecular flexibility index (Phi) is 8.46. The zero-order valence-corrected chi connectivity index (χ0v) is 19.3. The van der Waals surface area contributed by atoms with Gasteiger partial charge in [0.05, 0.1) is 5.25 Å². The maximum atomic E-state index is 13.0. The monoisotopic (exact) mass is 440 g/mol. The normalized spacial score (nSPS) is 15.4. The van der Waals surface area contributed by atoms with Crippen molar-refractivity contribution in [3.05, 3.63) is 48.3 Å². The number of thioether (sulfide) groups is 1. The molecule has 7 heteroatoms. The summed E-state index contributed by atoms with van der Waals surface area (Å²) in [7, 11) is 0. The number of hydrogen-bond donors (Lipinski definition) is 1. The van der Waals surface area contributed by atoms with Gasteiger partial charge < -0.3 is 9.88 Å². The zero-order chi connectivity index (χ0) is 22.2. The van der Waals surface area contributed by atoms with Gasteiger partial charge in [-0.15, -0.1) is 16.8 Å². The fourth-order valence-electron chi connectivity index (χ4n) is 3.97. The van der Waals surface area contributed by atoms with Gasteiger partial charge in [0, 0.05) is 30.1 Å². The van der Waals surface area contributed by atoms with E-state index < -0.39 is 0 Å². The Balaban J connectivity index is 1.68. The highest BCUT2D eigenvalue weighted by Crippen LogP contribution is 2.34. The number of allylic oxidation sites excluding steroid dienone is 1. The fourth-order valence-corrected chi connectivity index (χ4v) is 4.91. The van der Waals surface area contributed by atoms with E-state index >= 15 is 0 Å². The second-order valence-corrected chi connectivity index (χ2v) is 9.38. The van der Waals surface area contributed by atoms with Gasteiger partial charge in [0.2, 0.25) is 5.91 Å². The van der Waals surface area contributed by atoms with Crippen LogP contribution in [-0.4, -0.2) is 31.7 Å². The molecule has 1 aromatic heterocycles. The molecule has 1 fully saturated rings. The van der Waals surface area contributed by atoms with Crippen LogP contribution in [0.15, 0.2) is 42.1 Å². The quantitative estimate of drug-likeness (QED) is 0.295. The number of rotatable bonds is 10. The molecule has 2 aromatic rings. The van der Waals surface area contributed by atoms with Gasteiger partial charge >= 0.3 is 0 Å². The van der Waals surface area contributed by atoms with Crippen LogP contribution in [0.2, 0.25) is 0 Å². The van der Waals surface area contributed by atoms with Gasteiger partial charge in [-0.05, 0) is 50.5 Å². The smallest absolute Gasteiger partial charge is 0.224 e. The van der Waals surface area contributed by atoms with Crippen molar-refractivity contribution in [2.75, 3.05) is 5.32 Å². The van der Waals surface area contributed by atoms with Crippen molar-refractivity contribution in [2.24, 2.45) is 0 Å². The molecule has 1 atom stereocenters. The van der Waals surface area contributed by atoms with E-state index in [0.717, 1.165) is 30.2 Å². The van der Waals surface area contributed by atoms with Gasteiger partial charge in [0.1, 0.15) is 5.82 Å². The molecule has 0 unspecified atom stereocenters. The molecule has 6 nitrogen and oxygen atoms in total. The number of benzene rings is 1. The molecule has 1 N–H and O–H groups in total. The maximum Gasteiger partial charge on any atom is 0.224 e. The Bertz CT molecular complexity index is 901. The largest absolute Gasteiger partial charge is 0.326 e. The van der Waals surface area contributed by atoms with Crippen molar-refractivity contribution >= 4 is 29.1 Å². The van der Waals surface area contributed by atoms with Crippen LogP contribution < -0.4 is 5.32 Å². The molecule has 0 aliphatic heterocycles.